The molecule has 1 aromatic heterocycles. The molecule has 6 aromatic rings. The maximum atomic E-state index is 13.3. The van der Waals surface area contributed by atoms with Crippen molar-refractivity contribution in [3.8, 4) is 17.0 Å². The van der Waals surface area contributed by atoms with Gasteiger partial charge in [0.15, 0.2) is 5.13 Å². The first-order valence-electron chi connectivity index (χ1n) is 13.3. The molecule has 212 valence electrons. The van der Waals surface area contributed by atoms with E-state index in [1.165, 1.54) is 23.5 Å². The molecule has 6 rings (SSSR count). The Morgan fingerprint density at radius 2 is 1.70 bits per heavy atom. The lowest BCUT2D eigenvalue weighted by atomic mass is 10.0. The third kappa shape index (κ3) is 6.89. The Kier molecular flexibility index (Phi) is 8.40. The smallest absolute Gasteiger partial charge is 0.271 e. The van der Waals surface area contributed by atoms with Gasteiger partial charge in [0.1, 0.15) is 18.2 Å². The van der Waals surface area contributed by atoms with E-state index in [0.29, 0.717) is 16.3 Å². The van der Waals surface area contributed by atoms with E-state index in [2.05, 4.69) is 20.8 Å². The maximum Gasteiger partial charge on any atom is 0.271 e. The number of carbonyl (C=O) groups excluding carboxylic acids is 1. The van der Waals surface area contributed by atoms with Crippen molar-refractivity contribution in [2.75, 3.05) is 5.32 Å². The topological polar surface area (TPSA) is 75.6 Å². The summed E-state index contributed by atoms with van der Waals surface area (Å²) < 4.78 is 19.4. The van der Waals surface area contributed by atoms with E-state index < -0.39 is 0 Å². The van der Waals surface area contributed by atoms with Gasteiger partial charge in [0.2, 0.25) is 0 Å². The van der Waals surface area contributed by atoms with Crippen LogP contribution in [0, 0.1) is 5.82 Å². The SMILES string of the molecule is O=C(N/N=C\c1c(OCc2ccc(F)cc2)ccc2ccccc12)c1ccc(-c2csc(Nc3ccc(Cl)cc3)n2)cc1. The normalized spacial score (nSPS) is 11.1. The summed E-state index contributed by atoms with van der Waals surface area (Å²) >= 11 is 7.45. The van der Waals surface area contributed by atoms with Crippen molar-refractivity contribution < 1.29 is 13.9 Å². The van der Waals surface area contributed by atoms with Gasteiger partial charge in [0.25, 0.3) is 5.91 Å². The molecule has 0 spiro atoms. The molecular formula is C34H24ClFN4O2S. The van der Waals surface area contributed by atoms with E-state index in [0.717, 1.165) is 44.0 Å². The highest BCUT2D eigenvalue weighted by Crippen LogP contribution is 2.29. The Balaban J connectivity index is 1.13. The molecular weight excluding hydrogens is 583 g/mol. The van der Waals surface area contributed by atoms with Gasteiger partial charge in [0, 0.05) is 32.8 Å². The average Bonchev–Trinajstić information content (AvgIpc) is 3.51. The van der Waals surface area contributed by atoms with Crippen LogP contribution in [-0.2, 0) is 6.61 Å². The average molecular weight is 607 g/mol. The van der Waals surface area contributed by atoms with Gasteiger partial charge in [-0.1, -0.05) is 66.2 Å². The van der Waals surface area contributed by atoms with Gasteiger partial charge in [-0.3, -0.25) is 4.79 Å². The fraction of sp³-hybridized carbons (Fsp3) is 0.0294. The predicted octanol–water partition coefficient (Wildman–Crippen LogP) is 8.84. The van der Waals surface area contributed by atoms with Gasteiger partial charge in [-0.2, -0.15) is 5.10 Å². The molecule has 9 heteroatoms. The van der Waals surface area contributed by atoms with Gasteiger partial charge in [-0.25, -0.2) is 14.8 Å². The molecule has 6 nitrogen and oxygen atoms in total. The number of halogens is 2. The van der Waals surface area contributed by atoms with E-state index in [9.17, 15) is 9.18 Å². The van der Waals surface area contributed by atoms with Gasteiger partial charge in [-0.15, -0.1) is 11.3 Å². The van der Waals surface area contributed by atoms with Gasteiger partial charge in [-0.05, 0) is 70.9 Å². The lowest BCUT2D eigenvalue weighted by Gasteiger charge is -2.12. The van der Waals surface area contributed by atoms with Crippen LogP contribution in [0.1, 0.15) is 21.5 Å². The molecule has 5 aromatic carbocycles. The Morgan fingerprint density at radius 1 is 0.930 bits per heavy atom. The summed E-state index contributed by atoms with van der Waals surface area (Å²) in [6.07, 6.45) is 1.58. The molecule has 0 aliphatic heterocycles. The number of nitrogens with zero attached hydrogens (tertiary/aromatic N) is 2. The largest absolute Gasteiger partial charge is 0.488 e. The first kappa shape index (κ1) is 28.1. The molecule has 43 heavy (non-hydrogen) atoms. The van der Waals surface area contributed by atoms with Crippen LogP contribution in [0.3, 0.4) is 0 Å². The van der Waals surface area contributed by atoms with Gasteiger partial charge < -0.3 is 10.1 Å². The minimum atomic E-state index is -0.347. The zero-order chi connectivity index (χ0) is 29.6. The molecule has 2 N–H and O–H groups in total. The highest BCUT2D eigenvalue weighted by atomic mass is 35.5. The summed E-state index contributed by atoms with van der Waals surface area (Å²) in [6, 6.07) is 32.4. The van der Waals surface area contributed by atoms with E-state index in [1.807, 2.05) is 78.2 Å². The Bertz CT molecular complexity index is 1910. The van der Waals surface area contributed by atoms with Crippen LogP contribution in [0.4, 0.5) is 15.2 Å². The quantitative estimate of drug-likeness (QED) is 0.127. The molecule has 0 aliphatic carbocycles. The number of carbonyl (C=O) groups is 1. The molecule has 0 unspecified atom stereocenters. The van der Waals surface area contributed by atoms with Crippen molar-refractivity contribution in [2.45, 2.75) is 6.61 Å². The summed E-state index contributed by atoms with van der Waals surface area (Å²) in [5.74, 6) is -0.0498. The number of hydrazone groups is 1. The van der Waals surface area contributed by atoms with Crippen LogP contribution < -0.4 is 15.5 Å². The Morgan fingerprint density at radius 3 is 2.49 bits per heavy atom. The number of ether oxygens (including phenoxy) is 1. The number of fused-ring (bicyclic) bond motifs is 1. The second-order valence-electron chi connectivity index (χ2n) is 9.56. The van der Waals surface area contributed by atoms with Crippen molar-refractivity contribution in [3.63, 3.8) is 0 Å². The second kappa shape index (κ2) is 12.9. The van der Waals surface area contributed by atoms with Crippen LogP contribution in [0.5, 0.6) is 5.75 Å². The number of hydrogen-bond donors (Lipinski definition) is 2. The Labute approximate surface area is 256 Å². The first-order chi connectivity index (χ1) is 21.0. The van der Waals surface area contributed by atoms with Crippen LogP contribution in [0.2, 0.25) is 5.02 Å². The molecule has 0 atom stereocenters. The van der Waals surface area contributed by atoms with E-state index >= 15 is 0 Å². The molecule has 0 saturated carbocycles. The second-order valence-corrected chi connectivity index (χ2v) is 10.9. The third-order valence-electron chi connectivity index (χ3n) is 6.64. The molecule has 0 saturated heterocycles. The molecule has 1 heterocycles. The number of benzene rings is 5. The minimum absolute atomic E-state index is 0.260. The van der Waals surface area contributed by atoms with E-state index in [-0.39, 0.29) is 18.3 Å². The predicted molar refractivity (Wildman–Crippen MR) is 172 cm³/mol. The fourth-order valence-corrected chi connectivity index (χ4v) is 5.28. The molecule has 0 aliphatic rings. The number of thiazole rings is 1. The van der Waals surface area contributed by atoms with Gasteiger partial charge >= 0.3 is 0 Å². The molecule has 0 fully saturated rings. The molecule has 0 radical (unpaired) electrons. The number of rotatable bonds is 9. The van der Waals surface area contributed by atoms with E-state index in [4.69, 9.17) is 16.3 Å². The van der Waals surface area contributed by atoms with Crippen LogP contribution in [0.15, 0.2) is 120 Å². The number of aromatic nitrogens is 1. The summed E-state index contributed by atoms with van der Waals surface area (Å²) in [5, 5.41) is 12.8. The maximum absolute atomic E-state index is 13.3. The summed E-state index contributed by atoms with van der Waals surface area (Å²) in [4.78, 5) is 17.5. The standard InChI is InChI=1S/C34H24ClFN4O2S/c35-26-12-16-28(17-13-26)38-34-39-31(21-43-34)24-7-9-25(10-8-24)33(41)40-37-19-30-29-4-2-1-3-23(29)11-18-32(30)42-20-22-5-14-27(36)15-6-22/h1-19,21H,20H2,(H,38,39)(H,40,41)/b37-19-. The third-order valence-corrected chi connectivity index (χ3v) is 7.65. The van der Waals surface area contributed by atoms with Crippen molar-refractivity contribution in [1.29, 1.82) is 0 Å². The fourth-order valence-electron chi connectivity index (χ4n) is 4.41. The van der Waals surface area contributed by atoms with Crippen molar-refractivity contribution in [3.05, 3.63) is 142 Å². The molecule has 0 bridgehead atoms. The van der Waals surface area contributed by atoms with Crippen LogP contribution in [0.25, 0.3) is 22.0 Å². The number of anilines is 2. The summed E-state index contributed by atoms with van der Waals surface area (Å²) in [5.41, 5.74) is 7.22. The lowest BCUT2D eigenvalue weighted by molar-refractivity contribution is 0.0955. The van der Waals surface area contributed by atoms with Crippen molar-refractivity contribution >= 4 is 56.7 Å². The highest BCUT2D eigenvalue weighted by Gasteiger charge is 2.10. The number of amides is 1. The van der Waals surface area contributed by atoms with Crippen molar-refractivity contribution in [1.82, 2.24) is 10.4 Å². The zero-order valence-corrected chi connectivity index (χ0v) is 24.2. The van der Waals surface area contributed by atoms with Gasteiger partial charge in [0.05, 0.1) is 11.9 Å². The first-order valence-corrected chi connectivity index (χ1v) is 14.6. The Hall–Kier alpha value is -5.05. The minimum Gasteiger partial charge on any atom is -0.488 e. The lowest BCUT2D eigenvalue weighted by Crippen LogP contribution is -2.17. The summed E-state index contributed by atoms with van der Waals surface area (Å²) in [7, 11) is 0. The summed E-state index contributed by atoms with van der Waals surface area (Å²) in [6.45, 7) is 0.260. The van der Waals surface area contributed by atoms with Crippen LogP contribution in [-0.4, -0.2) is 17.1 Å². The molecule has 1 amide bonds. The number of nitrogens with one attached hydrogen (secondary N) is 2. The zero-order valence-electron chi connectivity index (χ0n) is 22.6. The van der Waals surface area contributed by atoms with Crippen molar-refractivity contribution in [2.24, 2.45) is 5.10 Å². The monoisotopic (exact) mass is 606 g/mol. The van der Waals surface area contributed by atoms with E-state index in [1.54, 1.807) is 30.5 Å². The number of hydrogen-bond acceptors (Lipinski definition) is 6. The highest BCUT2D eigenvalue weighted by molar-refractivity contribution is 7.14. The van der Waals surface area contributed by atoms with Crippen LogP contribution >= 0.6 is 22.9 Å².